The molecule has 4 heteroatoms. The van der Waals surface area contributed by atoms with Gasteiger partial charge in [0.2, 0.25) is 0 Å². The van der Waals surface area contributed by atoms with Crippen molar-refractivity contribution in [2.75, 3.05) is 6.61 Å². The lowest BCUT2D eigenvalue weighted by Gasteiger charge is -2.06. The zero-order valence-corrected chi connectivity index (χ0v) is 8.55. The second-order valence-electron chi connectivity index (χ2n) is 3.08. The summed E-state index contributed by atoms with van der Waals surface area (Å²) in [4.78, 5) is 4.25. The Kier molecular flexibility index (Phi) is 4.35. The number of nitrogens with zero attached hydrogens (tertiary/aromatic N) is 1. The van der Waals surface area contributed by atoms with E-state index in [9.17, 15) is 5.11 Å². The Labute approximate surface area is 82.1 Å². The first-order valence-corrected chi connectivity index (χ1v) is 5.30. The Morgan fingerprint density at radius 2 is 2.38 bits per heavy atom. The maximum absolute atomic E-state index is 9.50. The zero-order valence-electron chi connectivity index (χ0n) is 7.73. The lowest BCUT2D eigenvalue weighted by atomic mass is 10.1. The van der Waals surface area contributed by atoms with Crippen molar-refractivity contribution in [1.82, 2.24) is 4.98 Å². The van der Waals surface area contributed by atoms with Crippen molar-refractivity contribution in [3.63, 3.8) is 0 Å². The Morgan fingerprint density at radius 1 is 1.62 bits per heavy atom. The van der Waals surface area contributed by atoms with Gasteiger partial charge in [-0.15, -0.1) is 11.3 Å². The van der Waals surface area contributed by atoms with Crippen LogP contribution in [0.15, 0.2) is 5.38 Å². The lowest BCUT2D eigenvalue weighted by Crippen LogP contribution is -2.11. The number of aliphatic hydroxyl groups excluding tert-OH is 2. The van der Waals surface area contributed by atoms with Gasteiger partial charge in [0.1, 0.15) is 0 Å². The van der Waals surface area contributed by atoms with Gasteiger partial charge in [-0.1, -0.05) is 0 Å². The third-order valence-corrected chi connectivity index (χ3v) is 2.63. The van der Waals surface area contributed by atoms with E-state index in [2.05, 4.69) is 4.98 Å². The lowest BCUT2D eigenvalue weighted by molar-refractivity contribution is 0.149. The Morgan fingerprint density at radius 3 is 2.92 bits per heavy atom. The molecule has 0 spiro atoms. The first-order chi connectivity index (χ1) is 6.22. The molecule has 1 aromatic rings. The van der Waals surface area contributed by atoms with E-state index in [-0.39, 0.29) is 12.7 Å². The van der Waals surface area contributed by atoms with Crippen molar-refractivity contribution in [3.8, 4) is 0 Å². The summed E-state index contributed by atoms with van der Waals surface area (Å²) in [6.45, 7) is 2.10. The molecule has 0 radical (unpaired) electrons. The number of hydrogen-bond donors (Lipinski definition) is 2. The van der Waals surface area contributed by atoms with Crippen LogP contribution >= 0.6 is 11.3 Å². The second kappa shape index (κ2) is 5.32. The van der Waals surface area contributed by atoms with E-state index < -0.39 is 0 Å². The van der Waals surface area contributed by atoms with Gasteiger partial charge in [-0.25, -0.2) is 4.98 Å². The molecule has 0 bridgehead atoms. The predicted molar refractivity (Wildman–Crippen MR) is 52.9 cm³/mol. The van der Waals surface area contributed by atoms with Gasteiger partial charge >= 0.3 is 0 Å². The first-order valence-electron chi connectivity index (χ1n) is 4.42. The average Bonchev–Trinajstić information content (AvgIpc) is 2.48. The molecule has 1 heterocycles. The highest BCUT2D eigenvalue weighted by Crippen LogP contribution is 2.11. The van der Waals surface area contributed by atoms with Crippen LogP contribution in [-0.4, -0.2) is 27.9 Å². The SMILES string of the molecule is Cc1nc(CC(O)CCCO)cs1. The molecule has 0 amide bonds. The Bertz CT molecular complexity index is 250. The molecule has 0 aliphatic rings. The van der Waals surface area contributed by atoms with Gasteiger partial charge in [-0.05, 0) is 19.8 Å². The van der Waals surface area contributed by atoms with E-state index in [1.54, 1.807) is 11.3 Å². The molecule has 1 atom stereocenters. The average molecular weight is 201 g/mol. The maximum atomic E-state index is 9.50. The molecule has 1 rings (SSSR count). The molecule has 1 unspecified atom stereocenters. The van der Waals surface area contributed by atoms with E-state index >= 15 is 0 Å². The van der Waals surface area contributed by atoms with E-state index in [1.165, 1.54) is 0 Å². The molecule has 13 heavy (non-hydrogen) atoms. The summed E-state index contributed by atoms with van der Waals surface area (Å²) in [7, 11) is 0. The zero-order chi connectivity index (χ0) is 9.68. The molecule has 1 aromatic heterocycles. The topological polar surface area (TPSA) is 53.4 Å². The smallest absolute Gasteiger partial charge is 0.0897 e. The summed E-state index contributed by atoms with van der Waals surface area (Å²) >= 11 is 1.60. The fourth-order valence-electron chi connectivity index (χ4n) is 1.17. The fraction of sp³-hybridized carbons (Fsp3) is 0.667. The standard InChI is InChI=1S/C9H15NO2S/c1-7-10-8(6-13-7)5-9(12)3-2-4-11/h6,9,11-12H,2-5H2,1H3. The number of thiazole rings is 1. The number of hydrogen-bond acceptors (Lipinski definition) is 4. The van der Waals surface area contributed by atoms with Crippen LogP contribution in [0.25, 0.3) is 0 Å². The molecular weight excluding hydrogens is 186 g/mol. The van der Waals surface area contributed by atoms with Gasteiger partial charge in [-0.2, -0.15) is 0 Å². The number of aryl methyl sites for hydroxylation is 1. The van der Waals surface area contributed by atoms with Gasteiger partial charge in [0, 0.05) is 18.4 Å². The van der Waals surface area contributed by atoms with Gasteiger partial charge in [0.15, 0.2) is 0 Å². The van der Waals surface area contributed by atoms with Crippen LogP contribution in [0.1, 0.15) is 23.5 Å². The normalized spacial score (nSPS) is 13.2. The van der Waals surface area contributed by atoms with Crippen molar-refractivity contribution >= 4 is 11.3 Å². The van der Waals surface area contributed by atoms with E-state index in [0.717, 1.165) is 10.7 Å². The van der Waals surface area contributed by atoms with Crippen molar-refractivity contribution in [2.45, 2.75) is 32.3 Å². The van der Waals surface area contributed by atoms with Crippen molar-refractivity contribution in [3.05, 3.63) is 16.1 Å². The minimum absolute atomic E-state index is 0.146. The second-order valence-corrected chi connectivity index (χ2v) is 4.14. The van der Waals surface area contributed by atoms with Crippen molar-refractivity contribution in [1.29, 1.82) is 0 Å². The van der Waals surface area contributed by atoms with Crippen molar-refractivity contribution < 1.29 is 10.2 Å². The van der Waals surface area contributed by atoms with Crippen LogP contribution in [0, 0.1) is 6.92 Å². The molecule has 2 N–H and O–H groups in total. The summed E-state index contributed by atoms with van der Waals surface area (Å²) in [5.41, 5.74) is 0.952. The number of aromatic nitrogens is 1. The molecule has 0 saturated carbocycles. The van der Waals surface area contributed by atoms with Crippen LogP contribution < -0.4 is 0 Å². The summed E-state index contributed by atoms with van der Waals surface area (Å²) < 4.78 is 0. The van der Waals surface area contributed by atoms with Crippen LogP contribution in [0.4, 0.5) is 0 Å². The van der Waals surface area contributed by atoms with Crippen LogP contribution in [0.2, 0.25) is 0 Å². The summed E-state index contributed by atoms with van der Waals surface area (Å²) in [5.74, 6) is 0. The summed E-state index contributed by atoms with van der Waals surface area (Å²) in [6.07, 6.45) is 1.54. The first kappa shape index (κ1) is 10.6. The van der Waals surface area contributed by atoms with Gasteiger partial charge in [0.25, 0.3) is 0 Å². The minimum Gasteiger partial charge on any atom is -0.396 e. The highest BCUT2D eigenvalue weighted by Gasteiger charge is 2.07. The van der Waals surface area contributed by atoms with E-state index in [0.29, 0.717) is 19.3 Å². The monoisotopic (exact) mass is 201 g/mol. The third kappa shape index (κ3) is 3.85. The minimum atomic E-state index is -0.367. The number of rotatable bonds is 5. The molecule has 0 fully saturated rings. The largest absolute Gasteiger partial charge is 0.396 e. The maximum Gasteiger partial charge on any atom is 0.0897 e. The molecule has 74 valence electrons. The highest BCUT2D eigenvalue weighted by molar-refractivity contribution is 7.09. The Balaban J connectivity index is 2.31. The van der Waals surface area contributed by atoms with Gasteiger partial charge in [0.05, 0.1) is 16.8 Å². The predicted octanol–water partition coefficient (Wildman–Crippen LogP) is 1.13. The molecule has 0 saturated heterocycles. The van der Waals surface area contributed by atoms with Crippen molar-refractivity contribution in [2.24, 2.45) is 0 Å². The summed E-state index contributed by atoms with van der Waals surface area (Å²) in [5, 5.41) is 21.1. The molecule has 0 aromatic carbocycles. The molecule has 3 nitrogen and oxygen atoms in total. The quantitative estimate of drug-likeness (QED) is 0.750. The summed E-state index contributed by atoms with van der Waals surface area (Å²) in [6, 6.07) is 0. The fourth-order valence-corrected chi connectivity index (χ4v) is 1.80. The third-order valence-electron chi connectivity index (χ3n) is 1.81. The van der Waals surface area contributed by atoms with Crippen LogP contribution in [0.3, 0.4) is 0 Å². The number of aliphatic hydroxyl groups is 2. The van der Waals surface area contributed by atoms with E-state index in [1.807, 2.05) is 12.3 Å². The molecule has 0 aliphatic carbocycles. The van der Waals surface area contributed by atoms with Gasteiger partial charge < -0.3 is 10.2 Å². The van der Waals surface area contributed by atoms with Gasteiger partial charge in [-0.3, -0.25) is 0 Å². The Hall–Kier alpha value is -0.450. The van der Waals surface area contributed by atoms with Crippen LogP contribution in [-0.2, 0) is 6.42 Å². The highest BCUT2D eigenvalue weighted by atomic mass is 32.1. The molecule has 0 aliphatic heterocycles. The molecular formula is C9H15NO2S. The van der Waals surface area contributed by atoms with E-state index in [4.69, 9.17) is 5.11 Å². The van der Waals surface area contributed by atoms with Crippen LogP contribution in [0.5, 0.6) is 0 Å².